The van der Waals surface area contributed by atoms with Crippen molar-refractivity contribution in [2.45, 2.75) is 13.3 Å². The number of hydrogen-bond acceptors (Lipinski definition) is 6. The fraction of sp³-hybridized carbons (Fsp3) is 0.214. The Labute approximate surface area is 131 Å². The molecule has 1 aromatic carbocycles. The largest absolute Gasteiger partial charge is 0.378 e. The van der Waals surface area contributed by atoms with Crippen LogP contribution in [0.4, 0.5) is 5.00 Å². The van der Waals surface area contributed by atoms with Crippen molar-refractivity contribution in [3.8, 4) is 11.5 Å². The van der Waals surface area contributed by atoms with Gasteiger partial charge in [-0.15, -0.1) is 0 Å². The van der Waals surface area contributed by atoms with Gasteiger partial charge in [-0.05, 0) is 36.2 Å². The second-order valence-corrected chi connectivity index (χ2v) is 5.75. The number of halogens is 1. The fourth-order valence-corrected chi connectivity index (χ4v) is 2.87. The highest BCUT2D eigenvalue weighted by Gasteiger charge is 2.18. The summed E-state index contributed by atoms with van der Waals surface area (Å²) in [6.45, 7) is 1.93. The first-order chi connectivity index (χ1) is 10.2. The van der Waals surface area contributed by atoms with E-state index in [1.54, 1.807) is 0 Å². The molecule has 1 N–H and O–H groups in total. The minimum atomic E-state index is 0.495. The Morgan fingerprint density at radius 3 is 2.76 bits per heavy atom. The molecule has 0 spiro atoms. The number of benzene rings is 1. The van der Waals surface area contributed by atoms with Crippen LogP contribution in [-0.4, -0.2) is 21.6 Å². The first-order valence-electron chi connectivity index (χ1n) is 6.39. The number of hydrogen-bond donors (Lipinski definition) is 1. The summed E-state index contributed by atoms with van der Waals surface area (Å²) in [5.41, 5.74) is 2.84. The maximum absolute atomic E-state index is 5.87. The highest BCUT2D eigenvalue weighted by Crippen LogP contribution is 2.33. The number of anilines is 1. The number of rotatable bonds is 4. The fourth-order valence-electron chi connectivity index (χ4n) is 2.00. The third-order valence-corrected chi connectivity index (χ3v) is 4.26. The van der Waals surface area contributed by atoms with Crippen molar-refractivity contribution < 1.29 is 4.52 Å². The van der Waals surface area contributed by atoms with E-state index in [1.807, 2.05) is 38.2 Å². The standard InChI is InChI=1S/C14H13ClN4OS/c1-8-12(14(16-2)21-19-8)13-17-11(18-20-13)7-9-3-5-10(15)6-4-9/h3-6,16H,7H2,1-2H3. The van der Waals surface area contributed by atoms with E-state index in [-0.39, 0.29) is 0 Å². The Morgan fingerprint density at radius 1 is 1.29 bits per heavy atom. The summed E-state index contributed by atoms with van der Waals surface area (Å²) in [6, 6.07) is 7.61. The normalized spacial score (nSPS) is 10.8. The molecule has 3 rings (SSSR count). The molecule has 21 heavy (non-hydrogen) atoms. The summed E-state index contributed by atoms with van der Waals surface area (Å²) in [6.07, 6.45) is 0.603. The lowest BCUT2D eigenvalue weighted by Crippen LogP contribution is -1.91. The first kappa shape index (κ1) is 14.0. The summed E-state index contributed by atoms with van der Waals surface area (Å²) < 4.78 is 9.67. The Balaban J connectivity index is 1.86. The second kappa shape index (κ2) is 5.83. The Bertz CT molecular complexity index is 751. The van der Waals surface area contributed by atoms with E-state index in [0.29, 0.717) is 23.2 Å². The number of aryl methyl sites for hydroxylation is 1. The summed E-state index contributed by atoms with van der Waals surface area (Å²) in [5, 5.41) is 8.77. The summed E-state index contributed by atoms with van der Waals surface area (Å²) in [5.74, 6) is 1.13. The van der Waals surface area contributed by atoms with Gasteiger partial charge in [0.2, 0.25) is 0 Å². The summed E-state index contributed by atoms with van der Waals surface area (Å²) in [7, 11) is 1.85. The molecule has 0 saturated carbocycles. The molecule has 0 radical (unpaired) electrons. The Hall–Kier alpha value is -1.92. The van der Waals surface area contributed by atoms with Crippen molar-refractivity contribution in [1.29, 1.82) is 0 Å². The summed E-state index contributed by atoms with van der Waals surface area (Å²) >= 11 is 7.26. The van der Waals surface area contributed by atoms with Crippen molar-refractivity contribution in [2.24, 2.45) is 0 Å². The van der Waals surface area contributed by atoms with Gasteiger partial charge < -0.3 is 9.84 Å². The van der Waals surface area contributed by atoms with E-state index in [1.165, 1.54) is 11.5 Å². The molecule has 0 aliphatic carbocycles. The number of nitrogens with one attached hydrogen (secondary N) is 1. The minimum Gasteiger partial charge on any atom is -0.378 e. The molecule has 7 heteroatoms. The van der Waals surface area contributed by atoms with E-state index < -0.39 is 0 Å². The molecular formula is C14H13ClN4OS. The van der Waals surface area contributed by atoms with Crippen LogP contribution >= 0.6 is 23.1 Å². The van der Waals surface area contributed by atoms with Gasteiger partial charge >= 0.3 is 0 Å². The van der Waals surface area contributed by atoms with Crippen LogP contribution in [0.15, 0.2) is 28.8 Å². The number of aromatic nitrogens is 3. The maximum Gasteiger partial charge on any atom is 0.262 e. The summed E-state index contributed by atoms with van der Waals surface area (Å²) in [4.78, 5) is 4.46. The molecule has 2 heterocycles. The first-order valence-corrected chi connectivity index (χ1v) is 7.54. The highest BCUT2D eigenvalue weighted by molar-refractivity contribution is 7.10. The van der Waals surface area contributed by atoms with Crippen LogP contribution in [0.1, 0.15) is 17.1 Å². The zero-order valence-corrected chi connectivity index (χ0v) is 13.1. The van der Waals surface area contributed by atoms with Gasteiger partial charge in [0, 0.05) is 18.5 Å². The average molecular weight is 321 g/mol. The molecule has 0 aliphatic rings. The monoisotopic (exact) mass is 320 g/mol. The smallest absolute Gasteiger partial charge is 0.262 e. The van der Waals surface area contributed by atoms with E-state index in [2.05, 4.69) is 19.8 Å². The third kappa shape index (κ3) is 2.91. The van der Waals surface area contributed by atoms with Gasteiger partial charge in [-0.25, -0.2) is 0 Å². The SMILES string of the molecule is CNc1snc(C)c1-c1nc(Cc2ccc(Cl)cc2)no1. The molecule has 0 amide bonds. The predicted molar refractivity (Wildman–Crippen MR) is 83.9 cm³/mol. The van der Waals surface area contributed by atoms with E-state index in [4.69, 9.17) is 16.1 Å². The van der Waals surface area contributed by atoms with Crippen molar-refractivity contribution in [3.05, 3.63) is 46.4 Å². The Kier molecular flexibility index (Phi) is 3.90. The van der Waals surface area contributed by atoms with Crippen molar-refractivity contribution in [3.63, 3.8) is 0 Å². The van der Waals surface area contributed by atoms with E-state index >= 15 is 0 Å². The van der Waals surface area contributed by atoms with Crippen LogP contribution in [0.25, 0.3) is 11.5 Å². The van der Waals surface area contributed by atoms with Crippen molar-refractivity contribution in [2.75, 3.05) is 12.4 Å². The van der Waals surface area contributed by atoms with E-state index in [0.717, 1.165) is 21.8 Å². The topological polar surface area (TPSA) is 63.8 Å². The van der Waals surface area contributed by atoms with E-state index in [9.17, 15) is 0 Å². The molecule has 0 atom stereocenters. The lowest BCUT2D eigenvalue weighted by Gasteiger charge is -1.97. The van der Waals surface area contributed by atoms with Crippen LogP contribution in [0.3, 0.4) is 0 Å². The quantitative estimate of drug-likeness (QED) is 0.792. The average Bonchev–Trinajstić information content (AvgIpc) is 3.07. The zero-order chi connectivity index (χ0) is 14.8. The van der Waals surface area contributed by atoms with Crippen molar-refractivity contribution >= 4 is 28.1 Å². The van der Waals surface area contributed by atoms with Gasteiger partial charge in [0.25, 0.3) is 5.89 Å². The molecule has 3 aromatic rings. The van der Waals surface area contributed by atoms with Gasteiger partial charge in [0.1, 0.15) is 5.00 Å². The van der Waals surface area contributed by atoms with Crippen molar-refractivity contribution in [1.82, 2.24) is 14.5 Å². The second-order valence-electron chi connectivity index (χ2n) is 4.54. The molecule has 0 bridgehead atoms. The van der Waals surface area contributed by atoms with Gasteiger partial charge in [0.15, 0.2) is 5.82 Å². The Morgan fingerprint density at radius 2 is 2.05 bits per heavy atom. The van der Waals surface area contributed by atoms with Crippen LogP contribution in [-0.2, 0) is 6.42 Å². The van der Waals surface area contributed by atoms with Gasteiger partial charge in [-0.2, -0.15) is 9.36 Å². The van der Waals surface area contributed by atoms with Crippen LogP contribution in [0.5, 0.6) is 0 Å². The zero-order valence-electron chi connectivity index (χ0n) is 11.6. The molecule has 5 nitrogen and oxygen atoms in total. The molecule has 0 aliphatic heterocycles. The predicted octanol–water partition coefficient (Wildman–Crippen LogP) is 3.79. The molecular weight excluding hydrogens is 308 g/mol. The van der Waals surface area contributed by atoms with Crippen LogP contribution in [0.2, 0.25) is 5.02 Å². The maximum atomic E-state index is 5.87. The van der Waals surface area contributed by atoms with Gasteiger partial charge in [-0.1, -0.05) is 28.9 Å². The minimum absolute atomic E-state index is 0.495. The molecule has 2 aromatic heterocycles. The van der Waals surface area contributed by atoms with Gasteiger partial charge in [0.05, 0.1) is 11.3 Å². The van der Waals surface area contributed by atoms with Crippen LogP contribution < -0.4 is 5.32 Å². The third-order valence-electron chi connectivity index (χ3n) is 3.05. The van der Waals surface area contributed by atoms with Crippen LogP contribution in [0, 0.1) is 6.92 Å². The lowest BCUT2D eigenvalue weighted by molar-refractivity contribution is 0.424. The molecule has 0 fully saturated rings. The van der Waals surface area contributed by atoms with Gasteiger partial charge in [-0.3, -0.25) is 0 Å². The number of nitrogens with zero attached hydrogens (tertiary/aromatic N) is 3. The highest BCUT2D eigenvalue weighted by atomic mass is 35.5. The lowest BCUT2D eigenvalue weighted by atomic mass is 10.1. The molecule has 108 valence electrons. The molecule has 0 saturated heterocycles. The molecule has 0 unspecified atom stereocenters.